The molecule has 1 aliphatic rings. The van der Waals surface area contributed by atoms with Crippen LogP contribution in [-0.4, -0.2) is 45.4 Å². The molecule has 0 saturated carbocycles. The number of aliphatic carboxylic acids is 1. The van der Waals surface area contributed by atoms with Crippen LogP contribution in [0.2, 0.25) is 0 Å². The molecule has 0 spiro atoms. The number of likely N-dealkylation sites (tertiary alicyclic amines) is 1. The van der Waals surface area contributed by atoms with Gasteiger partial charge in [0.25, 0.3) is 0 Å². The van der Waals surface area contributed by atoms with E-state index in [1.807, 2.05) is 17.8 Å². The Morgan fingerprint density at radius 3 is 2.88 bits per heavy atom. The van der Waals surface area contributed by atoms with Gasteiger partial charge in [-0.3, -0.25) is 9.48 Å². The molecule has 1 N–H and O–H groups in total. The van der Waals surface area contributed by atoms with Crippen molar-refractivity contribution in [2.75, 3.05) is 19.6 Å². The van der Waals surface area contributed by atoms with E-state index in [0.29, 0.717) is 5.92 Å². The van der Waals surface area contributed by atoms with Crippen molar-refractivity contribution < 1.29 is 9.90 Å². The van der Waals surface area contributed by atoms with Crippen LogP contribution in [0.4, 0.5) is 0 Å². The third-order valence-corrected chi connectivity index (χ3v) is 3.69. The summed E-state index contributed by atoms with van der Waals surface area (Å²) in [6, 6.07) is 2.02. The molecule has 0 aromatic carbocycles. The number of aryl methyl sites for hydroxylation is 1. The average molecular weight is 237 g/mol. The Morgan fingerprint density at radius 1 is 1.65 bits per heavy atom. The maximum Gasteiger partial charge on any atom is 0.306 e. The molecule has 0 bridgehead atoms. The molecule has 0 amide bonds. The Hall–Kier alpha value is -1.36. The number of nitrogens with zero attached hydrogens (tertiary/aromatic N) is 3. The van der Waals surface area contributed by atoms with E-state index in [4.69, 9.17) is 5.11 Å². The topological polar surface area (TPSA) is 58.4 Å². The highest BCUT2D eigenvalue weighted by Gasteiger charge is 2.34. The van der Waals surface area contributed by atoms with Gasteiger partial charge in [-0.1, -0.05) is 6.92 Å². The summed E-state index contributed by atoms with van der Waals surface area (Å²) in [5.41, 5.74) is 1.22. The Labute approximate surface area is 101 Å². The van der Waals surface area contributed by atoms with Gasteiger partial charge in [0.05, 0.1) is 5.92 Å². The summed E-state index contributed by atoms with van der Waals surface area (Å²) < 4.78 is 1.89. The lowest BCUT2D eigenvalue weighted by Crippen LogP contribution is -2.51. The second-order valence-corrected chi connectivity index (χ2v) is 4.84. The third-order valence-electron chi connectivity index (χ3n) is 3.69. The summed E-state index contributed by atoms with van der Waals surface area (Å²) in [6.07, 6.45) is 2.78. The number of carbonyl (C=O) groups is 1. The number of rotatable bonds is 5. The number of hydrogen-bond donors (Lipinski definition) is 1. The predicted octanol–water partition coefficient (Wildman–Crippen LogP) is 0.615. The van der Waals surface area contributed by atoms with Gasteiger partial charge in [0, 0.05) is 45.0 Å². The minimum Gasteiger partial charge on any atom is -0.481 e. The molecule has 1 atom stereocenters. The van der Waals surface area contributed by atoms with Gasteiger partial charge in [0.2, 0.25) is 0 Å². The fraction of sp³-hybridized carbons (Fsp3) is 0.667. The van der Waals surface area contributed by atoms with Gasteiger partial charge >= 0.3 is 5.97 Å². The Morgan fingerprint density at radius 2 is 2.35 bits per heavy atom. The fourth-order valence-corrected chi connectivity index (χ4v) is 2.23. The van der Waals surface area contributed by atoms with E-state index in [-0.39, 0.29) is 5.92 Å². The maximum atomic E-state index is 10.8. The summed E-state index contributed by atoms with van der Waals surface area (Å²) in [5.74, 6) is -0.580. The highest BCUT2D eigenvalue weighted by atomic mass is 16.4. The van der Waals surface area contributed by atoms with Crippen LogP contribution in [-0.2, 0) is 18.3 Å². The Kier molecular flexibility index (Phi) is 3.47. The molecule has 5 heteroatoms. The van der Waals surface area contributed by atoms with Gasteiger partial charge in [-0.25, -0.2) is 0 Å². The molecule has 1 aliphatic heterocycles. The van der Waals surface area contributed by atoms with Crippen LogP contribution in [0.1, 0.15) is 12.6 Å². The normalized spacial score (nSPS) is 18.9. The van der Waals surface area contributed by atoms with Crippen molar-refractivity contribution in [3.05, 3.63) is 18.0 Å². The van der Waals surface area contributed by atoms with E-state index >= 15 is 0 Å². The molecule has 1 aromatic heterocycles. The first-order valence-electron chi connectivity index (χ1n) is 6.00. The third kappa shape index (κ3) is 2.66. The van der Waals surface area contributed by atoms with Gasteiger partial charge < -0.3 is 10.0 Å². The van der Waals surface area contributed by atoms with Crippen molar-refractivity contribution in [2.24, 2.45) is 18.9 Å². The quantitative estimate of drug-likeness (QED) is 0.815. The van der Waals surface area contributed by atoms with Crippen LogP contribution in [0.5, 0.6) is 0 Å². The van der Waals surface area contributed by atoms with Crippen molar-refractivity contribution in [2.45, 2.75) is 13.3 Å². The maximum absolute atomic E-state index is 10.8. The first-order chi connectivity index (χ1) is 8.08. The summed E-state index contributed by atoms with van der Waals surface area (Å²) >= 11 is 0. The largest absolute Gasteiger partial charge is 0.481 e. The molecular formula is C12H19N3O2. The molecular weight excluding hydrogens is 218 g/mol. The van der Waals surface area contributed by atoms with E-state index in [2.05, 4.69) is 10.00 Å². The molecule has 5 nitrogen and oxygen atoms in total. The molecule has 1 saturated heterocycles. The Balaban J connectivity index is 1.71. The smallest absolute Gasteiger partial charge is 0.306 e. The summed E-state index contributed by atoms with van der Waals surface area (Å²) in [5, 5.41) is 13.0. The first kappa shape index (κ1) is 12.1. The number of aromatic nitrogens is 2. The van der Waals surface area contributed by atoms with E-state index in [0.717, 1.165) is 26.1 Å². The zero-order valence-corrected chi connectivity index (χ0v) is 10.3. The molecule has 2 heterocycles. The van der Waals surface area contributed by atoms with Crippen molar-refractivity contribution in [1.82, 2.24) is 14.7 Å². The monoisotopic (exact) mass is 237 g/mol. The van der Waals surface area contributed by atoms with E-state index < -0.39 is 5.97 Å². The first-order valence-corrected chi connectivity index (χ1v) is 6.00. The van der Waals surface area contributed by atoms with Gasteiger partial charge in [-0.2, -0.15) is 5.10 Å². The summed E-state index contributed by atoms with van der Waals surface area (Å²) in [7, 11) is 1.95. The second-order valence-electron chi connectivity index (χ2n) is 4.84. The molecule has 94 valence electrons. The lowest BCUT2D eigenvalue weighted by atomic mass is 9.87. The van der Waals surface area contributed by atoms with Crippen LogP contribution >= 0.6 is 0 Å². The molecule has 1 aromatic rings. The lowest BCUT2D eigenvalue weighted by molar-refractivity contribution is -0.145. The second kappa shape index (κ2) is 4.87. The van der Waals surface area contributed by atoms with Crippen molar-refractivity contribution in [3.8, 4) is 0 Å². The summed E-state index contributed by atoms with van der Waals surface area (Å²) in [4.78, 5) is 13.1. The van der Waals surface area contributed by atoms with E-state index in [9.17, 15) is 4.79 Å². The molecule has 0 aliphatic carbocycles. The van der Waals surface area contributed by atoms with Gasteiger partial charge in [0.1, 0.15) is 0 Å². The van der Waals surface area contributed by atoms with Crippen molar-refractivity contribution >= 4 is 5.97 Å². The zero-order chi connectivity index (χ0) is 12.4. The highest BCUT2D eigenvalue weighted by molar-refractivity contribution is 5.70. The average Bonchev–Trinajstić information content (AvgIpc) is 2.61. The minimum atomic E-state index is -0.679. The van der Waals surface area contributed by atoms with Crippen LogP contribution in [0.25, 0.3) is 0 Å². The number of hydrogen-bond acceptors (Lipinski definition) is 3. The van der Waals surface area contributed by atoms with Crippen LogP contribution < -0.4 is 0 Å². The molecule has 0 radical (unpaired) electrons. The Bertz CT molecular complexity index is 396. The molecule has 2 rings (SSSR count). The van der Waals surface area contributed by atoms with E-state index in [1.165, 1.54) is 5.69 Å². The SMILES string of the molecule is CC(C(=O)O)C1CN(CCc2ccnn2C)C1. The van der Waals surface area contributed by atoms with Gasteiger partial charge in [-0.05, 0) is 12.0 Å². The molecule has 17 heavy (non-hydrogen) atoms. The number of carboxylic acids is 1. The van der Waals surface area contributed by atoms with E-state index in [1.54, 1.807) is 13.1 Å². The zero-order valence-electron chi connectivity index (χ0n) is 10.3. The minimum absolute atomic E-state index is 0.219. The fourth-order valence-electron chi connectivity index (χ4n) is 2.23. The highest BCUT2D eigenvalue weighted by Crippen LogP contribution is 2.23. The summed E-state index contributed by atoms with van der Waals surface area (Å²) in [6.45, 7) is 4.60. The van der Waals surface area contributed by atoms with Crippen molar-refractivity contribution in [3.63, 3.8) is 0 Å². The van der Waals surface area contributed by atoms with Crippen LogP contribution in [0.3, 0.4) is 0 Å². The lowest BCUT2D eigenvalue weighted by Gasteiger charge is -2.41. The van der Waals surface area contributed by atoms with Gasteiger partial charge in [-0.15, -0.1) is 0 Å². The molecule has 1 unspecified atom stereocenters. The van der Waals surface area contributed by atoms with Crippen molar-refractivity contribution in [1.29, 1.82) is 0 Å². The number of carboxylic acid groups (broad SMARTS) is 1. The van der Waals surface area contributed by atoms with Gasteiger partial charge in [0.15, 0.2) is 0 Å². The molecule has 1 fully saturated rings. The van der Waals surface area contributed by atoms with Crippen LogP contribution in [0.15, 0.2) is 12.3 Å². The standard InChI is InChI=1S/C12H19N3O2/c1-9(12(16)17)10-7-15(8-10)6-4-11-3-5-13-14(11)2/h3,5,9-10H,4,6-8H2,1-2H3,(H,16,17). The predicted molar refractivity (Wildman–Crippen MR) is 63.6 cm³/mol. The van der Waals surface area contributed by atoms with Crippen LogP contribution in [0, 0.1) is 11.8 Å².